The molecule has 0 saturated carbocycles. The lowest BCUT2D eigenvalue weighted by Gasteiger charge is -1.89. The van der Waals surface area contributed by atoms with Crippen LogP contribution in [-0.2, 0) is 0 Å². The SMILES string of the molecule is Cc1cccc(O)c1.[N]. The fourth-order valence-electron chi connectivity index (χ4n) is 0.628. The molecule has 0 bridgehead atoms. The van der Waals surface area contributed by atoms with Crippen LogP contribution in [0.25, 0.3) is 0 Å². The molecule has 0 heterocycles. The average molecular weight is 122 g/mol. The van der Waals surface area contributed by atoms with Crippen LogP contribution in [0.1, 0.15) is 5.56 Å². The Morgan fingerprint density at radius 3 is 2.33 bits per heavy atom. The summed E-state index contributed by atoms with van der Waals surface area (Å²) < 4.78 is 0. The molecule has 1 aromatic carbocycles. The van der Waals surface area contributed by atoms with Gasteiger partial charge in [-0.05, 0) is 24.6 Å². The van der Waals surface area contributed by atoms with E-state index in [1.54, 1.807) is 12.1 Å². The molecular weight excluding hydrogens is 114 g/mol. The summed E-state index contributed by atoms with van der Waals surface area (Å²) >= 11 is 0. The summed E-state index contributed by atoms with van der Waals surface area (Å²) in [7, 11) is 0. The van der Waals surface area contributed by atoms with Crippen molar-refractivity contribution in [3.63, 3.8) is 0 Å². The Kier molecular flexibility index (Phi) is 2.74. The van der Waals surface area contributed by atoms with Crippen molar-refractivity contribution in [3.8, 4) is 5.75 Å². The van der Waals surface area contributed by atoms with Crippen LogP contribution in [0.5, 0.6) is 5.75 Å². The molecule has 3 radical (unpaired) electrons. The van der Waals surface area contributed by atoms with E-state index in [0.717, 1.165) is 5.56 Å². The Bertz CT molecular complexity index is 169. The van der Waals surface area contributed by atoms with E-state index >= 15 is 0 Å². The summed E-state index contributed by atoms with van der Waals surface area (Å²) in [6.45, 7) is 1.94. The number of benzene rings is 1. The van der Waals surface area contributed by atoms with Crippen molar-refractivity contribution in [2.45, 2.75) is 6.92 Å². The van der Waals surface area contributed by atoms with Crippen LogP contribution in [0.2, 0.25) is 0 Å². The second kappa shape index (κ2) is 3.10. The van der Waals surface area contributed by atoms with Gasteiger partial charge < -0.3 is 5.11 Å². The molecule has 0 aliphatic rings. The van der Waals surface area contributed by atoms with E-state index in [9.17, 15) is 0 Å². The highest BCUT2D eigenvalue weighted by molar-refractivity contribution is 5.25. The maximum absolute atomic E-state index is 8.81. The molecule has 0 amide bonds. The minimum absolute atomic E-state index is 0. The van der Waals surface area contributed by atoms with Crippen molar-refractivity contribution >= 4 is 0 Å². The first-order valence-electron chi connectivity index (χ1n) is 2.54. The number of hydrogen-bond acceptors (Lipinski definition) is 1. The molecule has 0 aliphatic heterocycles. The Balaban J connectivity index is 0.000000640. The molecule has 0 unspecified atom stereocenters. The smallest absolute Gasteiger partial charge is 0.115 e. The number of phenols is 1. The van der Waals surface area contributed by atoms with Gasteiger partial charge in [0.15, 0.2) is 0 Å². The monoisotopic (exact) mass is 122 g/mol. The van der Waals surface area contributed by atoms with Gasteiger partial charge in [-0.1, -0.05) is 12.1 Å². The Morgan fingerprint density at radius 2 is 2.00 bits per heavy atom. The zero-order chi connectivity index (χ0) is 5.98. The van der Waals surface area contributed by atoms with Gasteiger partial charge >= 0.3 is 0 Å². The third-order valence-corrected chi connectivity index (χ3v) is 1.00. The van der Waals surface area contributed by atoms with E-state index in [-0.39, 0.29) is 6.15 Å². The second-order valence-electron chi connectivity index (χ2n) is 1.84. The second-order valence-corrected chi connectivity index (χ2v) is 1.84. The van der Waals surface area contributed by atoms with Gasteiger partial charge in [0.2, 0.25) is 0 Å². The lowest BCUT2D eigenvalue weighted by Crippen LogP contribution is -1.66. The van der Waals surface area contributed by atoms with Crippen LogP contribution < -0.4 is 6.15 Å². The van der Waals surface area contributed by atoms with E-state index in [1.807, 2.05) is 19.1 Å². The van der Waals surface area contributed by atoms with Crippen molar-refractivity contribution in [2.75, 3.05) is 0 Å². The molecule has 0 aromatic heterocycles. The Labute approximate surface area is 54.7 Å². The van der Waals surface area contributed by atoms with Crippen molar-refractivity contribution in [1.82, 2.24) is 6.15 Å². The maximum Gasteiger partial charge on any atom is 0.115 e. The fraction of sp³-hybridized carbons (Fsp3) is 0.143. The van der Waals surface area contributed by atoms with Gasteiger partial charge in [-0.2, -0.15) is 0 Å². The zero-order valence-electron chi connectivity index (χ0n) is 5.20. The number of aryl methyl sites for hydroxylation is 1. The highest BCUT2D eigenvalue weighted by Gasteiger charge is 1.83. The largest absolute Gasteiger partial charge is 0.508 e. The molecule has 0 fully saturated rings. The topological polar surface area (TPSA) is 50.7 Å². The summed E-state index contributed by atoms with van der Waals surface area (Å²) in [4.78, 5) is 0. The highest BCUT2D eigenvalue weighted by Crippen LogP contribution is 2.08. The van der Waals surface area contributed by atoms with Gasteiger partial charge in [-0.15, -0.1) is 0 Å². The molecule has 1 aromatic rings. The van der Waals surface area contributed by atoms with Crippen molar-refractivity contribution in [2.24, 2.45) is 0 Å². The average Bonchev–Trinajstić information content (AvgIpc) is 1.64. The fourth-order valence-corrected chi connectivity index (χ4v) is 0.628. The minimum Gasteiger partial charge on any atom is -0.508 e. The summed E-state index contributed by atoms with van der Waals surface area (Å²) in [5.41, 5.74) is 1.09. The molecule has 47 valence electrons. The van der Waals surface area contributed by atoms with Crippen molar-refractivity contribution < 1.29 is 5.11 Å². The maximum atomic E-state index is 8.81. The van der Waals surface area contributed by atoms with Crippen LogP contribution in [0.4, 0.5) is 0 Å². The molecule has 2 nitrogen and oxygen atoms in total. The third kappa shape index (κ3) is 2.15. The molecule has 1 rings (SSSR count). The van der Waals surface area contributed by atoms with Gasteiger partial charge in [0, 0.05) is 6.15 Å². The number of hydrogen-bond donors (Lipinski definition) is 1. The quantitative estimate of drug-likeness (QED) is 0.552. The summed E-state index contributed by atoms with van der Waals surface area (Å²) in [6.07, 6.45) is 0. The highest BCUT2D eigenvalue weighted by atomic mass is 16.3. The van der Waals surface area contributed by atoms with Crippen LogP contribution in [0.3, 0.4) is 0 Å². The summed E-state index contributed by atoms with van der Waals surface area (Å²) in [6, 6.07) is 7.15. The molecule has 9 heavy (non-hydrogen) atoms. The first-order valence-corrected chi connectivity index (χ1v) is 2.54. The molecule has 0 aliphatic carbocycles. The van der Waals surface area contributed by atoms with Gasteiger partial charge in [0.25, 0.3) is 0 Å². The predicted octanol–water partition coefficient (Wildman–Crippen LogP) is 1.22. The Morgan fingerprint density at radius 1 is 1.33 bits per heavy atom. The van der Waals surface area contributed by atoms with E-state index < -0.39 is 0 Å². The van der Waals surface area contributed by atoms with Gasteiger partial charge in [-0.25, -0.2) is 0 Å². The molecule has 2 heteroatoms. The van der Waals surface area contributed by atoms with E-state index in [4.69, 9.17) is 5.11 Å². The van der Waals surface area contributed by atoms with E-state index in [0.29, 0.717) is 5.75 Å². The van der Waals surface area contributed by atoms with Crippen LogP contribution in [0.15, 0.2) is 24.3 Å². The zero-order valence-corrected chi connectivity index (χ0v) is 5.20. The summed E-state index contributed by atoms with van der Waals surface area (Å²) in [5.74, 6) is 0.338. The van der Waals surface area contributed by atoms with E-state index in [2.05, 4.69) is 0 Å². The molecule has 0 saturated heterocycles. The molecular formula is C7H8NO. The molecule has 1 N–H and O–H groups in total. The molecule has 0 spiro atoms. The van der Waals surface area contributed by atoms with Gasteiger partial charge in [0.05, 0.1) is 0 Å². The lowest BCUT2D eigenvalue weighted by atomic mass is 10.2. The minimum atomic E-state index is 0. The van der Waals surface area contributed by atoms with Gasteiger partial charge in [0.1, 0.15) is 5.75 Å². The standard InChI is InChI=1S/C7H8O.N/c1-6-3-2-4-7(8)5-6;/h2-5,8H,1H3;. The normalized spacial score (nSPS) is 8.11. The van der Waals surface area contributed by atoms with Crippen molar-refractivity contribution in [3.05, 3.63) is 29.8 Å². The predicted molar refractivity (Wildman–Crippen MR) is 35.0 cm³/mol. The van der Waals surface area contributed by atoms with Crippen LogP contribution in [0, 0.1) is 6.92 Å². The number of phenolic OH excluding ortho intramolecular Hbond substituents is 1. The first kappa shape index (κ1) is 7.98. The Hall–Kier alpha value is -1.02. The molecule has 0 atom stereocenters. The van der Waals surface area contributed by atoms with Crippen LogP contribution in [-0.4, -0.2) is 5.11 Å². The number of rotatable bonds is 0. The summed E-state index contributed by atoms with van der Waals surface area (Å²) in [5, 5.41) is 8.81. The third-order valence-electron chi connectivity index (χ3n) is 1.00. The van der Waals surface area contributed by atoms with E-state index in [1.165, 1.54) is 0 Å². The van der Waals surface area contributed by atoms with Crippen LogP contribution >= 0.6 is 0 Å². The first-order chi connectivity index (χ1) is 3.79. The number of nitrogens with zero attached hydrogens (tertiary/aromatic N) is 1. The van der Waals surface area contributed by atoms with Gasteiger partial charge in [-0.3, -0.25) is 0 Å². The lowest BCUT2D eigenvalue weighted by molar-refractivity contribution is 0.475. The van der Waals surface area contributed by atoms with Crippen molar-refractivity contribution in [1.29, 1.82) is 0 Å². The number of aromatic hydroxyl groups is 1.